The van der Waals surface area contributed by atoms with Crippen LogP contribution in [0.1, 0.15) is 6.42 Å². The Labute approximate surface area is 126 Å². The number of ether oxygens (including phenoxy) is 1. The molecule has 0 heterocycles. The molecule has 0 saturated heterocycles. The first-order valence-corrected chi connectivity index (χ1v) is 7.31. The Bertz CT molecular complexity index is 469. The second-order valence-corrected chi connectivity index (χ2v) is 5.42. The molecule has 20 heavy (non-hydrogen) atoms. The summed E-state index contributed by atoms with van der Waals surface area (Å²) in [5.41, 5.74) is 0. The molecule has 1 rings (SSSR count). The van der Waals surface area contributed by atoms with E-state index >= 15 is 0 Å². The fourth-order valence-corrected chi connectivity index (χ4v) is 2.52. The Hall–Kier alpha value is -1.24. The summed E-state index contributed by atoms with van der Waals surface area (Å²) in [7, 11) is 1.17. The van der Waals surface area contributed by atoms with Gasteiger partial charge in [-0.2, -0.15) is 0 Å². The van der Waals surface area contributed by atoms with E-state index in [0.29, 0.717) is 10.8 Å². The van der Waals surface area contributed by atoms with Crippen molar-refractivity contribution in [1.29, 1.82) is 0 Å². The number of halogens is 1. The Balaban J connectivity index is 2.24. The number of hydrogen-bond acceptors (Lipinski definition) is 5. The van der Waals surface area contributed by atoms with Crippen LogP contribution in [0.25, 0.3) is 0 Å². The molecule has 0 aromatic heterocycles. The smallest absolute Gasteiger partial charge is 0.336 e. The van der Waals surface area contributed by atoms with Gasteiger partial charge in [-0.25, -0.2) is 4.79 Å². The Morgan fingerprint density at radius 2 is 2.15 bits per heavy atom. The van der Waals surface area contributed by atoms with Crippen molar-refractivity contribution in [2.45, 2.75) is 17.4 Å². The van der Waals surface area contributed by atoms with E-state index in [2.05, 4.69) is 10.1 Å². The molecular weight excluding hydrogens is 302 g/mol. The summed E-state index contributed by atoms with van der Waals surface area (Å²) in [6.07, 6.45) is -1.07. The van der Waals surface area contributed by atoms with Gasteiger partial charge in [0.25, 0.3) is 0 Å². The number of thioether (sulfide) groups is 1. The largest absolute Gasteiger partial charge is 0.467 e. The minimum atomic E-state index is -1.33. The highest BCUT2D eigenvalue weighted by molar-refractivity contribution is 7.99. The molecule has 7 heteroatoms. The van der Waals surface area contributed by atoms with E-state index in [1.807, 2.05) is 18.2 Å². The first-order valence-electron chi connectivity index (χ1n) is 5.94. The van der Waals surface area contributed by atoms with Crippen LogP contribution in [0.5, 0.6) is 0 Å². The summed E-state index contributed by atoms with van der Waals surface area (Å²) < 4.78 is 4.34. The van der Waals surface area contributed by atoms with Gasteiger partial charge >= 0.3 is 5.97 Å². The number of aliphatic hydroxyl groups is 1. The third-order valence-corrected chi connectivity index (χ3v) is 3.91. The Kier molecular flexibility index (Phi) is 7.43. The molecule has 0 spiro atoms. The number of rotatable bonds is 7. The van der Waals surface area contributed by atoms with Gasteiger partial charge in [-0.3, -0.25) is 4.79 Å². The molecular formula is C13H16ClNO4S. The average molecular weight is 318 g/mol. The highest BCUT2D eigenvalue weighted by Crippen LogP contribution is 2.26. The zero-order valence-corrected chi connectivity index (χ0v) is 12.5. The highest BCUT2D eigenvalue weighted by Gasteiger charge is 2.15. The van der Waals surface area contributed by atoms with Crippen molar-refractivity contribution in [3.63, 3.8) is 0 Å². The van der Waals surface area contributed by atoms with E-state index in [0.717, 1.165) is 4.90 Å². The van der Waals surface area contributed by atoms with E-state index < -0.39 is 12.1 Å². The summed E-state index contributed by atoms with van der Waals surface area (Å²) >= 11 is 7.46. The fourth-order valence-electron chi connectivity index (χ4n) is 1.33. The lowest BCUT2D eigenvalue weighted by molar-refractivity contribution is -0.150. The molecule has 2 N–H and O–H groups in total. The number of carbonyl (C=O) groups excluding carboxylic acids is 2. The lowest BCUT2D eigenvalue weighted by Crippen LogP contribution is -2.37. The molecule has 1 unspecified atom stereocenters. The molecule has 0 saturated carbocycles. The van der Waals surface area contributed by atoms with Gasteiger partial charge in [0.1, 0.15) is 0 Å². The number of hydrogen-bond donors (Lipinski definition) is 2. The molecule has 1 atom stereocenters. The number of benzene rings is 1. The summed E-state index contributed by atoms with van der Waals surface area (Å²) in [5.74, 6) is -0.451. The molecule has 5 nitrogen and oxygen atoms in total. The Morgan fingerprint density at radius 1 is 1.45 bits per heavy atom. The van der Waals surface area contributed by atoms with Gasteiger partial charge < -0.3 is 15.2 Å². The van der Waals surface area contributed by atoms with Crippen LogP contribution in [-0.2, 0) is 14.3 Å². The second-order valence-electron chi connectivity index (χ2n) is 3.87. The molecule has 0 aliphatic heterocycles. The standard InChI is InChI=1S/C13H16ClNO4S/c1-19-13(18)10(16)8-15-12(17)6-7-20-11-5-3-2-4-9(11)14/h2-5,10,16H,6-8H2,1H3,(H,15,17). The summed E-state index contributed by atoms with van der Waals surface area (Å²) in [4.78, 5) is 23.3. The van der Waals surface area contributed by atoms with Gasteiger partial charge in [0.05, 0.1) is 18.7 Å². The number of nitrogens with one attached hydrogen (secondary N) is 1. The van der Waals surface area contributed by atoms with Crippen molar-refractivity contribution >= 4 is 35.2 Å². The van der Waals surface area contributed by atoms with E-state index in [1.54, 1.807) is 6.07 Å². The van der Waals surface area contributed by atoms with Crippen LogP contribution < -0.4 is 5.32 Å². The number of amides is 1. The highest BCUT2D eigenvalue weighted by atomic mass is 35.5. The minimum absolute atomic E-state index is 0.151. The predicted octanol–water partition coefficient (Wildman–Crippen LogP) is 1.47. The fraction of sp³-hybridized carbons (Fsp3) is 0.385. The molecule has 0 aliphatic rings. The maximum Gasteiger partial charge on any atom is 0.336 e. The summed E-state index contributed by atoms with van der Waals surface area (Å²) in [6.45, 7) is -0.151. The van der Waals surface area contributed by atoms with Gasteiger partial charge in [-0.15, -0.1) is 11.8 Å². The normalized spacial score (nSPS) is 11.8. The molecule has 0 bridgehead atoms. The molecule has 0 radical (unpaired) electrons. The third-order valence-electron chi connectivity index (χ3n) is 2.39. The second kappa shape index (κ2) is 8.84. The average Bonchev–Trinajstić information content (AvgIpc) is 2.45. The van der Waals surface area contributed by atoms with Gasteiger partial charge in [0.15, 0.2) is 6.10 Å². The Morgan fingerprint density at radius 3 is 2.80 bits per heavy atom. The van der Waals surface area contributed by atoms with Crippen LogP contribution in [0.3, 0.4) is 0 Å². The van der Waals surface area contributed by atoms with Crippen molar-refractivity contribution in [3.05, 3.63) is 29.3 Å². The van der Waals surface area contributed by atoms with Gasteiger partial charge in [-0.05, 0) is 12.1 Å². The lowest BCUT2D eigenvalue weighted by Gasteiger charge is -2.09. The van der Waals surface area contributed by atoms with Crippen LogP contribution in [-0.4, -0.2) is 42.5 Å². The lowest BCUT2D eigenvalue weighted by atomic mass is 10.3. The number of methoxy groups -OCH3 is 1. The summed E-state index contributed by atoms with van der Waals surface area (Å²) in [5, 5.41) is 12.4. The molecule has 110 valence electrons. The third kappa shape index (κ3) is 5.81. The van der Waals surface area contributed by atoms with Gasteiger partial charge in [-0.1, -0.05) is 23.7 Å². The molecule has 0 aliphatic carbocycles. The van der Waals surface area contributed by atoms with E-state index in [1.165, 1.54) is 18.9 Å². The van der Waals surface area contributed by atoms with Crippen molar-refractivity contribution in [1.82, 2.24) is 5.32 Å². The number of carbonyl (C=O) groups is 2. The van der Waals surface area contributed by atoms with Crippen LogP contribution >= 0.6 is 23.4 Å². The van der Waals surface area contributed by atoms with Crippen molar-refractivity contribution < 1.29 is 19.4 Å². The summed E-state index contributed by atoms with van der Waals surface area (Å²) in [6, 6.07) is 7.39. The van der Waals surface area contributed by atoms with Crippen LogP contribution in [0, 0.1) is 0 Å². The molecule has 1 amide bonds. The maximum absolute atomic E-state index is 11.5. The van der Waals surface area contributed by atoms with E-state index in [4.69, 9.17) is 11.6 Å². The molecule has 1 aromatic carbocycles. The van der Waals surface area contributed by atoms with Crippen molar-refractivity contribution in [2.75, 3.05) is 19.4 Å². The van der Waals surface area contributed by atoms with E-state index in [-0.39, 0.29) is 18.9 Å². The first kappa shape index (κ1) is 16.8. The first-order chi connectivity index (χ1) is 9.54. The zero-order valence-electron chi connectivity index (χ0n) is 11.0. The van der Waals surface area contributed by atoms with Crippen molar-refractivity contribution in [3.8, 4) is 0 Å². The molecule has 1 aromatic rings. The number of aliphatic hydroxyl groups excluding tert-OH is 1. The molecule has 0 fully saturated rings. The van der Waals surface area contributed by atoms with Crippen molar-refractivity contribution in [2.24, 2.45) is 0 Å². The van der Waals surface area contributed by atoms with Crippen LogP contribution in [0.2, 0.25) is 5.02 Å². The SMILES string of the molecule is COC(=O)C(O)CNC(=O)CCSc1ccccc1Cl. The predicted molar refractivity (Wildman–Crippen MR) is 77.8 cm³/mol. The quantitative estimate of drug-likeness (QED) is 0.588. The van der Waals surface area contributed by atoms with E-state index in [9.17, 15) is 14.7 Å². The van der Waals surface area contributed by atoms with Crippen LogP contribution in [0.15, 0.2) is 29.2 Å². The maximum atomic E-state index is 11.5. The minimum Gasteiger partial charge on any atom is -0.467 e. The topological polar surface area (TPSA) is 75.6 Å². The zero-order chi connectivity index (χ0) is 15.0. The monoisotopic (exact) mass is 317 g/mol. The van der Waals surface area contributed by atoms with Crippen LogP contribution in [0.4, 0.5) is 0 Å². The van der Waals surface area contributed by atoms with Gasteiger partial charge in [0, 0.05) is 17.1 Å². The number of esters is 1. The van der Waals surface area contributed by atoms with Gasteiger partial charge in [0.2, 0.25) is 5.91 Å².